The van der Waals surface area contributed by atoms with Gasteiger partial charge in [-0.2, -0.15) is 0 Å². The van der Waals surface area contributed by atoms with Crippen LogP contribution in [0.25, 0.3) is 0 Å². The summed E-state index contributed by atoms with van der Waals surface area (Å²) >= 11 is 0. The first-order valence-electron chi connectivity index (χ1n) is 8.37. The third kappa shape index (κ3) is 3.39. The molecular formula is C16H27NO6. The zero-order valence-electron chi connectivity index (χ0n) is 14.5. The van der Waals surface area contributed by atoms with Gasteiger partial charge in [0.25, 0.3) is 5.91 Å². The average molecular weight is 329 g/mol. The first kappa shape index (κ1) is 17.1. The van der Waals surface area contributed by atoms with Crippen molar-refractivity contribution in [2.45, 2.75) is 89.7 Å². The van der Waals surface area contributed by atoms with Crippen molar-refractivity contribution in [2.75, 3.05) is 6.54 Å². The Kier molecular flexibility index (Phi) is 4.44. The maximum Gasteiger partial charge on any atom is 0.252 e. The van der Waals surface area contributed by atoms with Crippen LogP contribution < -0.4 is 5.32 Å². The highest BCUT2D eigenvalue weighted by Gasteiger charge is 2.62. The second kappa shape index (κ2) is 5.97. The number of carbonyl (C=O) groups excluding carboxylic acids is 1. The Labute approximate surface area is 136 Å². The molecule has 0 radical (unpaired) electrons. The smallest absolute Gasteiger partial charge is 0.252 e. The number of amides is 1. The lowest BCUT2D eigenvalue weighted by Gasteiger charge is -2.36. The Bertz CT molecular complexity index is 465. The second-order valence-corrected chi connectivity index (χ2v) is 7.23. The average Bonchev–Trinajstić information content (AvgIpc) is 2.92. The highest BCUT2D eigenvalue weighted by molar-refractivity contribution is 5.81. The molecule has 0 spiro atoms. The Morgan fingerprint density at radius 2 is 1.57 bits per heavy atom. The first-order valence-corrected chi connectivity index (χ1v) is 8.37. The zero-order chi connectivity index (χ0) is 16.8. The molecule has 0 aliphatic carbocycles. The van der Waals surface area contributed by atoms with Crippen LogP contribution in [0.3, 0.4) is 0 Å². The van der Waals surface area contributed by atoms with Crippen molar-refractivity contribution < 1.29 is 28.5 Å². The lowest BCUT2D eigenvalue weighted by atomic mass is 9.98. The molecule has 3 rings (SSSR count). The number of nitrogens with one attached hydrogen (secondary N) is 1. The number of fused-ring (bicyclic) bond motifs is 3. The quantitative estimate of drug-likeness (QED) is 0.784. The van der Waals surface area contributed by atoms with Gasteiger partial charge in [-0.3, -0.25) is 4.79 Å². The Morgan fingerprint density at radius 3 is 2.26 bits per heavy atom. The summed E-state index contributed by atoms with van der Waals surface area (Å²) in [5.74, 6) is -1.75. The fourth-order valence-electron chi connectivity index (χ4n) is 3.31. The van der Waals surface area contributed by atoms with Gasteiger partial charge in [0.1, 0.15) is 18.3 Å². The van der Waals surface area contributed by atoms with Gasteiger partial charge in [0.05, 0.1) is 0 Å². The van der Waals surface area contributed by atoms with Gasteiger partial charge >= 0.3 is 0 Å². The van der Waals surface area contributed by atoms with Crippen molar-refractivity contribution in [3.05, 3.63) is 0 Å². The molecule has 3 saturated heterocycles. The molecular weight excluding hydrogens is 302 g/mol. The molecule has 23 heavy (non-hydrogen) atoms. The summed E-state index contributed by atoms with van der Waals surface area (Å²) in [6, 6.07) is 0. The van der Waals surface area contributed by atoms with E-state index in [9.17, 15) is 4.79 Å². The van der Waals surface area contributed by atoms with Crippen LogP contribution in [0.15, 0.2) is 0 Å². The minimum Gasteiger partial charge on any atom is -0.354 e. The molecule has 1 N–H and O–H groups in total. The molecule has 1 amide bonds. The predicted molar refractivity (Wildman–Crippen MR) is 80.4 cm³/mol. The van der Waals surface area contributed by atoms with E-state index in [1.54, 1.807) is 0 Å². The van der Waals surface area contributed by atoms with Gasteiger partial charge in [0.15, 0.2) is 24.0 Å². The van der Waals surface area contributed by atoms with Crippen molar-refractivity contribution in [3.63, 3.8) is 0 Å². The van der Waals surface area contributed by atoms with E-state index in [0.29, 0.717) is 6.54 Å². The van der Waals surface area contributed by atoms with Crippen LogP contribution >= 0.6 is 0 Å². The third-order valence-electron chi connectivity index (χ3n) is 4.24. The maximum atomic E-state index is 12.5. The minimum atomic E-state index is -0.786. The van der Waals surface area contributed by atoms with E-state index in [2.05, 4.69) is 12.2 Å². The summed E-state index contributed by atoms with van der Waals surface area (Å²) in [5.41, 5.74) is 0. The van der Waals surface area contributed by atoms with Gasteiger partial charge in [0.2, 0.25) is 0 Å². The van der Waals surface area contributed by atoms with Crippen LogP contribution in [0.4, 0.5) is 0 Å². The van der Waals surface area contributed by atoms with Crippen molar-refractivity contribution in [3.8, 4) is 0 Å². The summed E-state index contributed by atoms with van der Waals surface area (Å²) in [4.78, 5) is 12.5. The van der Waals surface area contributed by atoms with E-state index in [4.69, 9.17) is 23.7 Å². The molecule has 3 heterocycles. The van der Waals surface area contributed by atoms with E-state index < -0.39 is 42.3 Å². The van der Waals surface area contributed by atoms with Crippen molar-refractivity contribution in [2.24, 2.45) is 0 Å². The van der Waals surface area contributed by atoms with Crippen LogP contribution in [0.2, 0.25) is 0 Å². The Hall–Kier alpha value is -0.730. The van der Waals surface area contributed by atoms with Crippen LogP contribution in [-0.2, 0) is 28.5 Å². The second-order valence-electron chi connectivity index (χ2n) is 7.23. The van der Waals surface area contributed by atoms with Crippen LogP contribution in [-0.4, -0.2) is 54.7 Å². The minimum absolute atomic E-state index is 0.193. The largest absolute Gasteiger partial charge is 0.354 e. The third-order valence-corrected chi connectivity index (χ3v) is 4.24. The summed E-state index contributed by atoms with van der Waals surface area (Å²) < 4.78 is 29.5. The zero-order valence-corrected chi connectivity index (χ0v) is 14.5. The van der Waals surface area contributed by atoms with E-state index in [-0.39, 0.29) is 5.91 Å². The molecule has 0 aromatic rings. The molecule has 0 bridgehead atoms. The fourth-order valence-corrected chi connectivity index (χ4v) is 3.31. The van der Waals surface area contributed by atoms with Gasteiger partial charge < -0.3 is 29.0 Å². The summed E-state index contributed by atoms with van der Waals surface area (Å²) in [6.07, 6.45) is -0.772. The fraction of sp³-hybridized carbons (Fsp3) is 0.938. The Morgan fingerprint density at radius 1 is 0.957 bits per heavy atom. The van der Waals surface area contributed by atoms with E-state index in [0.717, 1.165) is 12.8 Å². The molecule has 0 aromatic carbocycles. The maximum absolute atomic E-state index is 12.5. The highest BCUT2D eigenvalue weighted by atomic mass is 16.9. The number of hydrogen-bond acceptors (Lipinski definition) is 6. The van der Waals surface area contributed by atoms with Gasteiger partial charge in [-0.1, -0.05) is 13.3 Å². The van der Waals surface area contributed by atoms with Crippen LogP contribution in [0.5, 0.6) is 0 Å². The van der Waals surface area contributed by atoms with Gasteiger partial charge in [-0.25, -0.2) is 0 Å². The molecule has 0 unspecified atom stereocenters. The number of hydrogen-bond donors (Lipinski definition) is 1. The number of unbranched alkanes of at least 4 members (excludes halogenated alkanes) is 1. The molecule has 3 aliphatic heterocycles. The molecule has 7 heteroatoms. The van der Waals surface area contributed by atoms with Gasteiger partial charge in [0, 0.05) is 6.54 Å². The lowest BCUT2D eigenvalue weighted by molar-refractivity contribution is -0.231. The van der Waals surface area contributed by atoms with Crippen LogP contribution in [0.1, 0.15) is 47.5 Å². The predicted octanol–water partition coefficient (Wildman–Crippen LogP) is 1.30. The lowest BCUT2D eigenvalue weighted by Crippen LogP contribution is -2.59. The first-order chi connectivity index (χ1) is 10.7. The van der Waals surface area contributed by atoms with E-state index in [1.165, 1.54) is 0 Å². The molecule has 3 fully saturated rings. The summed E-state index contributed by atoms with van der Waals surface area (Å²) in [7, 11) is 0. The van der Waals surface area contributed by atoms with Crippen molar-refractivity contribution in [1.82, 2.24) is 5.32 Å². The van der Waals surface area contributed by atoms with E-state index >= 15 is 0 Å². The summed E-state index contributed by atoms with van der Waals surface area (Å²) in [6.45, 7) is 9.99. The molecule has 0 saturated carbocycles. The molecule has 3 aliphatic rings. The van der Waals surface area contributed by atoms with Crippen molar-refractivity contribution >= 4 is 5.91 Å². The van der Waals surface area contributed by atoms with Gasteiger partial charge in [-0.05, 0) is 34.1 Å². The molecule has 5 atom stereocenters. The standard InChI is InChI=1S/C16H27NO6/c1-6-7-8-17-13(18)11-9-10(21-15(2,3)20-9)12-14(19-11)23-16(4,5)22-12/h9-12,14H,6-8H2,1-5H3,(H,17,18)/t9-,10+,11+,12-,14-/m1/s1. The van der Waals surface area contributed by atoms with Crippen molar-refractivity contribution in [1.29, 1.82) is 0 Å². The number of ether oxygens (including phenoxy) is 5. The molecule has 0 aromatic heterocycles. The monoisotopic (exact) mass is 329 g/mol. The normalized spacial score (nSPS) is 40.5. The highest BCUT2D eigenvalue weighted by Crippen LogP contribution is 2.44. The number of carbonyl (C=O) groups is 1. The summed E-state index contributed by atoms with van der Waals surface area (Å²) in [5, 5.41) is 2.90. The molecule has 7 nitrogen and oxygen atoms in total. The van der Waals surface area contributed by atoms with Crippen LogP contribution in [0, 0.1) is 0 Å². The van der Waals surface area contributed by atoms with E-state index in [1.807, 2.05) is 27.7 Å². The Balaban J connectivity index is 1.77. The van der Waals surface area contributed by atoms with Gasteiger partial charge in [-0.15, -0.1) is 0 Å². The topological polar surface area (TPSA) is 75.3 Å². The number of rotatable bonds is 4. The molecule has 132 valence electrons. The SMILES string of the molecule is CCCCNC(=O)[C@H]1O[C@@H]2OC(C)(C)O[C@@H]2[C@H]2OC(C)(C)O[C@H]21.